The van der Waals surface area contributed by atoms with Crippen molar-refractivity contribution in [2.75, 3.05) is 25.0 Å². The van der Waals surface area contributed by atoms with Crippen molar-refractivity contribution in [2.24, 2.45) is 0 Å². The minimum Gasteiger partial charge on any atom is -0.376 e. The quantitative estimate of drug-likeness (QED) is 0.843. The SMILES string of the molecule is C#CCn1ncc(Cl)c(NC2CCN(CCC)CC2)c1=O. The van der Waals surface area contributed by atoms with E-state index in [-0.39, 0.29) is 18.1 Å². The number of hydrogen-bond donors (Lipinski definition) is 1. The lowest BCUT2D eigenvalue weighted by Gasteiger charge is -2.32. The van der Waals surface area contributed by atoms with Gasteiger partial charge in [0.05, 0.1) is 11.2 Å². The number of rotatable bonds is 5. The molecule has 0 bridgehead atoms. The molecule has 0 atom stereocenters. The molecule has 2 rings (SSSR count). The van der Waals surface area contributed by atoms with Crippen molar-refractivity contribution in [3.8, 4) is 12.3 Å². The smallest absolute Gasteiger partial charge is 0.292 e. The summed E-state index contributed by atoms with van der Waals surface area (Å²) in [5, 5.41) is 7.57. The summed E-state index contributed by atoms with van der Waals surface area (Å²) in [4.78, 5) is 14.7. The number of hydrogen-bond acceptors (Lipinski definition) is 4. The van der Waals surface area contributed by atoms with Gasteiger partial charge in [-0.25, -0.2) is 4.68 Å². The third kappa shape index (κ3) is 3.99. The summed E-state index contributed by atoms with van der Waals surface area (Å²) in [5.74, 6) is 2.42. The number of aromatic nitrogens is 2. The molecule has 0 spiro atoms. The summed E-state index contributed by atoms with van der Waals surface area (Å²) in [6.07, 6.45) is 9.89. The minimum absolute atomic E-state index is 0.152. The van der Waals surface area contributed by atoms with Crippen LogP contribution in [0.25, 0.3) is 0 Å². The summed E-state index contributed by atoms with van der Waals surface area (Å²) in [6.45, 7) is 5.58. The Morgan fingerprint density at radius 1 is 1.52 bits per heavy atom. The molecule has 1 aliphatic heterocycles. The molecular weight excluding hydrogens is 288 g/mol. The molecule has 0 saturated carbocycles. The minimum atomic E-state index is -0.253. The van der Waals surface area contributed by atoms with Gasteiger partial charge >= 0.3 is 0 Å². The van der Waals surface area contributed by atoms with E-state index >= 15 is 0 Å². The van der Waals surface area contributed by atoms with E-state index < -0.39 is 0 Å². The molecular formula is C15H21ClN4O. The Kier molecular flexibility index (Phi) is 5.66. The van der Waals surface area contributed by atoms with Crippen molar-refractivity contribution in [3.05, 3.63) is 21.6 Å². The van der Waals surface area contributed by atoms with Gasteiger partial charge in [0.15, 0.2) is 0 Å². The average molecular weight is 309 g/mol. The van der Waals surface area contributed by atoms with Crippen molar-refractivity contribution >= 4 is 17.3 Å². The van der Waals surface area contributed by atoms with Gasteiger partial charge in [-0.15, -0.1) is 6.42 Å². The largest absolute Gasteiger partial charge is 0.376 e. The van der Waals surface area contributed by atoms with Gasteiger partial charge in [0.1, 0.15) is 12.2 Å². The molecule has 1 saturated heterocycles. The number of terminal acetylenes is 1. The molecule has 114 valence electrons. The highest BCUT2D eigenvalue weighted by atomic mass is 35.5. The van der Waals surface area contributed by atoms with Crippen molar-refractivity contribution in [2.45, 2.75) is 38.8 Å². The summed E-state index contributed by atoms with van der Waals surface area (Å²) in [5.41, 5.74) is 0.160. The van der Waals surface area contributed by atoms with Crippen molar-refractivity contribution in [1.29, 1.82) is 0 Å². The molecule has 0 aliphatic carbocycles. The predicted molar refractivity (Wildman–Crippen MR) is 85.7 cm³/mol. The predicted octanol–water partition coefficient (Wildman–Crippen LogP) is 1.82. The summed E-state index contributed by atoms with van der Waals surface area (Å²) < 4.78 is 1.25. The van der Waals surface area contributed by atoms with Gasteiger partial charge in [-0.3, -0.25) is 4.79 Å². The van der Waals surface area contributed by atoms with Crippen LogP contribution in [0.15, 0.2) is 11.0 Å². The molecule has 1 aliphatic rings. The van der Waals surface area contributed by atoms with E-state index in [0.717, 1.165) is 32.5 Å². The van der Waals surface area contributed by atoms with Crippen LogP contribution in [0, 0.1) is 12.3 Å². The lowest BCUT2D eigenvalue weighted by Crippen LogP contribution is -2.40. The molecule has 0 radical (unpaired) electrons. The molecule has 2 heterocycles. The third-order valence-electron chi connectivity index (χ3n) is 3.71. The molecule has 21 heavy (non-hydrogen) atoms. The molecule has 0 aromatic carbocycles. The maximum atomic E-state index is 12.3. The Hall–Kier alpha value is -1.51. The van der Waals surface area contributed by atoms with Gasteiger partial charge in [-0.1, -0.05) is 24.4 Å². The van der Waals surface area contributed by atoms with Gasteiger partial charge in [-0.2, -0.15) is 5.10 Å². The Labute approximate surface area is 130 Å². The van der Waals surface area contributed by atoms with Crippen LogP contribution in [0.1, 0.15) is 26.2 Å². The number of halogens is 1. The number of likely N-dealkylation sites (tertiary alicyclic amines) is 1. The normalized spacial score (nSPS) is 16.6. The first kappa shape index (κ1) is 15.9. The highest BCUT2D eigenvalue weighted by molar-refractivity contribution is 6.33. The molecule has 5 nitrogen and oxygen atoms in total. The van der Waals surface area contributed by atoms with E-state index in [9.17, 15) is 4.79 Å². The third-order valence-corrected chi connectivity index (χ3v) is 4.00. The summed E-state index contributed by atoms with van der Waals surface area (Å²) in [6, 6.07) is 0.269. The average Bonchev–Trinajstić information content (AvgIpc) is 2.49. The Morgan fingerprint density at radius 3 is 2.86 bits per heavy atom. The zero-order valence-electron chi connectivity index (χ0n) is 12.3. The van der Waals surface area contributed by atoms with Crippen LogP contribution in [-0.4, -0.2) is 40.4 Å². The van der Waals surface area contributed by atoms with Gasteiger partial charge in [0.2, 0.25) is 0 Å². The van der Waals surface area contributed by atoms with Gasteiger partial charge < -0.3 is 10.2 Å². The fraction of sp³-hybridized carbons (Fsp3) is 0.600. The first-order chi connectivity index (χ1) is 10.2. The second-order valence-corrected chi connectivity index (χ2v) is 5.70. The lowest BCUT2D eigenvalue weighted by atomic mass is 10.0. The van der Waals surface area contributed by atoms with E-state index in [2.05, 4.69) is 28.2 Å². The van der Waals surface area contributed by atoms with Crippen LogP contribution in [-0.2, 0) is 6.54 Å². The van der Waals surface area contributed by atoms with E-state index in [1.165, 1.54) is 17.3 Å². The summed E-state index contributed by atoms with van der Waals surface area (Å²) in [7, 11) is 0. The van der Waals surface area contributed by atoms with Crippen LogP contribution in [0.2, 0.25) is 5.02 Å². The zero-order chi connectivity index (χ0) is 15.2. The number of piperidine rings is 1. The fourth-order valence-corrected chi connectivity index (χ4v) is 2.80. The van der Waals surface area contributed by atoms with Crippen LogP contribution in [0.3, 0.4) is 0 Å². The second kappa shape index (κ2) is 7.48. The Bertz CT molecular complexity index is 570. The standard InChI is InChI=1S/C15H21ClN4O/c1-3-7-19-9-5-12(6-10-19)18-14-13(16)11-17-20(8-4-2)15(14)21/h2,11-12,18H,3,5-10H2,1H3. The lowest BCUT2D eigenvalue weighted by molar-refractivity contribution is 0.219. The van der Waals surface area contributed by atoms with Crippen LogP contribution < -0.4 is 10.9 Å². The maximum absolute atomic E-state index is 12.3. The van der Waals surface area contributed by atoms with E-state index in [1.807, 2.05) is 0 Å². The number of nitrogens with zero attached hydrogens (tertiary/aromatic N) is 3. The van der Waals surface area contributed by atoms with Crippen molar-refractivity contribution < 1.29 is 0 Å². The molecule has 1 fully saturated rings. The molecule has 1 aromatic rings. The highest BCUT2D eigenvalue weighted by Crippen LogP contribution is 2.20. The van der Waals surface area contributed by atoms with Crippen molar-refractivity contribution in [3.63, 3.8) is 0 Å². The molecule has 1 N–H and O–H groups in total. The zero-order valence-corrected chi connectivity index (χ0v) is 13.1. The highest BCUT2D eigenvalue weighted by Gasteiger charge is 2.20. The Balaban J connectivity index is 2.05. The number of anilines is 1. The maximum Gasteiger partial charge on any atom is 0.292 e. The Morgan fingerprint density at radius 2 is 2.24 bits per heavy atom. The van der Waals surface area contributed by atoms with Crippen molar-refractivity contribution in [1.82, 2.24) is 14.7 Å². The molecule has 6 heteroatoms. The number of nitrogens with one attached hydrogen (secondary N) is 1. The monoisotopic (exact) mass is 308 g/mol. The van der Waals surface area contributed by atoms with Crippen LogP contribution in [0.5, 0.6) is 0 Å². The van der Waals surface area contributed by atoms with E-state index in [0.29, 0.717) is 10.7 Å². The summed E-state index contributed by atoms with van der Waals surface area (Å²) >= 11 is 6.10. The van der Waals surface area contributed by atoms with Gasteiger partial charge in [-0.05, 0) is 25.8 Å². The van der Waals surface area contributed by atoms with Gasteiger partial charge in [0.25, 0.3) is 5.56 Å². The van der Waals surface area contributed by atoms with Crippen LogP contribution >= 0.6 is 11.6 Å². The van der Waals surface area contributed by atoms with Gasteiger partial charge in [0, 0.05) is 19.1 Å². The first-order valence-electron chi connectivity index (χ1n) is 7.33. The molecule has 1 aromatic heterocycles. The second-order valence-electron chi connectivity index (χ2n) is 5.29. The fourth-order valence-electron chi connectivity index (χ4n) is 2.62. The molecule has 0 amide bonds. The topological polar surface area (TPSA) is 50.2 Å². The van der Waals surface area contributed by atoms with Crippen LogP contribution in [0.4, 0.5) is 5.69 Å². The van der Waals surface area contributed by atoms with E-state index in [1.54, 1.807) is 0 Å². The first-order valence-corrected chi connectivity index (χ1v) is 7.71. The molecule has 0 unspecified atom stereocenters. The van der Waals surface area contributed by atoms with E-state index in [4.69, 9.17) is 18.0 Å².